The summed E-state index contributed by atoms with van der Waals surface area (Å²) in [5, 5.41) is 20.5. The van der Waals surface area contributed by atoms with Crippen molar-refractivity contribution in [2.24, 2.45) is 0 Å². The number of halogens is 3. The second-order valence-electron chi connectivity index (χ2n) is 4.87. The van der Waals surface area contributed by atoms with E-state index in [-0.39, 0.29) is 17.4 Å². The van der Waals surface area contributed by atoms with Crippen molar-refractivity contribution in [3.05, 3.63) is 23.7 Å². The van der Waals surface area contributed by atoms with E-state index in [1.165, 1.54) is 0 Å². The normalized spacial score (nSPS) is 18.4. The molecule has 0 radical (unpaired) electrons. The lowest BCUT2D eigenvalue weighted by Crippen LogP contribution is -2.33. The first kappa shape index (κ1) is 14.9. The van der Waals surface area contributed by atoms with Crippen molar-refractivity contribution in [2.45, 2.75) is 24.6 Å². The molecule has 1 aliphatic heterocycles. The maximum Gasteiger partial charge on any atom is 0.435 e. The van der Waals surface area contributed by atoms with Gasteiger partial charge in [-0.2, -0.15) is 18.2 Å². The lowest BCUT2D eigenvalue weighted by molar-refractivity contribution is -0.141. The van der Waals surface area contributed by atoms with Gasteiger partial charge in [-0.3, -0.25) is 0 Å². The number of hydrogen-bond donors (Lipinski definition) is 1. The Balaban J connectivity index is 1.84. The van der Waals surface area contributed by atoms with Gasteiger partial charge in [0, 0.05) is 26.1 Å². The molecule has 1 fully saturated rings. The summed E-state index contributed by atoms with van der Waals surface area (Å²) < 4.78 is 47.4. The van der Waals surface area contributed by atoms with Gasteiger partial charge in [-0.05, 0) is 12.1 Å². The molecule has 7 nitrogen and oxygen atoms in total. The SMILES string of the molecule is OC1(c2nc(-c3ccc(C(F)(F)F)nn3)no2)CCOCC1. The standard InChI is InChI=1S/C12H11F3N4O3/c13-12(14,15)8-2-1-7(17-18-8)9-16-10(22-19-9)11(20)3-5-21-6-4-11/h1-2,20H,3-6H2. The molecule has 0 aliphatic carbocycles. The maximum atomic E-state index is 12.4. The quantitative estimate of drug-likeness (QED) is 0.898. The van der Waals surface area contributed by atoms with Crippen molar-refractivity contribution < 1.29 is 27.5 Å². The number of hydrogen-bond acceptors (Lipinski definition) is 7. The molecule has 0 bridgehead atoms. The van der Waals surface area contributed by atoms with Crippen LogP contribution in [0.1, 0.15) is 24.4 Å². The van der Waals surface area contributed by atoms with E-state index in [1.807, 2.05) is 0 Å². The molecule has 1 aliphatic rings. The number of ether oxygens (including phenoxy) is 1. The van der Waals surface area contributed by atoms with Crippen LogP contribution in [0.4, 0.5) is 13.2 Å². The summed E-state index contributed by atoms with van der Waals surface area (Å²) in [5.74, 6) is -0.0383. The average Bonchev–Trinajstić information content (AvgIpc) is 2.98. The van der Waals surface area contributed by atoms with Gasteiger partial charge in [-0.25, -0.2) is 0 Å². The van der Waals surface area contributed by atoms with Crippen molar-refractivity contribution in [1.29, 1.82) is 0 Å². The van der Waals surface area contributed by atoms with Crippen LogP contribution in [0.5, 0.6) is 0 Å². The molecular weight excluding hydrogens is 305 g/mol. The van der Waals surface area contributed by atoms with Gasteiger partial charge in [0.25, 0.3) is 5.89 Å². The number of nitrogens with zero attached hydrogens (tertiary/aromatic N) is 4. The van der Waals surface area contributed by atoms with Gasteiger partial charge in [0.2, 0.25) is 5.82 Å². The van der Waals surface area contributed by atoms with Gasteiger partial charge < -0.3 is 14.4 Å². The van der Waals surface area contributed by atoms with Crippen LogP contribution in [0.3, 0.4) is 0 Å². The highest BCUT2D eigenvalue weighted by Crippen LogP contribution is 2.32. The fourth-order valence-corrected chi connectivity index (χ4v) is 2.04. The van der Waals surface area contributed by atoms with Crippen LogP contribution in [0.15, 0.2) is 16.7 Å². The van der Waals surface area contributed by atoms with Crippen LogP contribution < -0.4 is 0 Å². The smallest absolute Gasteiger partial charge is 0.381 e. The molecule has 118 valence electrons. The Labute approximate surface area is 122 Å². The summed E-state index contributed by atoms with van der Waals surface area (Å²) in [6.07, 6.45) is -3.97. The monoisotopic (exact) mass is 316 g/mol. The highest BCUT2D eigenvalue weighted by Gasteiger charge is 2.38. The van der Waals surface area contributed by atoms with E-state index < -0.39 is 17.5 Å². The first-order valence-electron chi connectivity index (χ1n) is 6.44. The molecule has 0 spiro atoms. The van der Waals surface area contributed by atoms with Crippen molar-refractivity contribution in [1.82, 2.24) is 20.3 Å². The molecule has 0 saturated carbocycles. The lowest BCUT2D eigenvalue weighted by atomic mass is 9.94. The number of alkyl halides is 3. The van der Waals surface area contributed by atoms with Crippen LogP contribution in [-0.2, 0) is 16.5 Å². The summed E-state index contributed by atoms with van der Waals surface area (Å²) in [6, 6.07) is 1.88. The summed E-state index contributed by atoms with van der Waals surface area (Å²) in [6.45, 7) is 0.711. The molecule has 1 saturated heterocycles. The zero-order valence-electron chi connectivity index (χ0n) is 11.2. The minimum absolute atomic E-state index is 0.00695. The fourth-order valence-electron chi connectivity index (χ4n) is 2.04. The molecule has 2 aromatic heterocycles. The molecule has 0 aromatic carbocycles. The maximum absolute atomic E-state index is 12.4. The summed E-state index contributed by atoms with van der Waals surface area (Å²) in [5.41, 5.74) is -2.37. The summed E-state index contributed by atoms with van der Waals surface area (Å²) >= 11 is 0. The van der Waals surface area contributed by atoms with E-state index in [0.717, 1.165) is 12.1 Å². The Hall–Kier alpha value is -2.07. The molecule has 0 amide bonds. The Morgan fingerprint density at radius 2 is 1.86 bits per heavy atom. The predicted molar refractivity (Wildman–Crippen MR) is 64.3 cm³/mol. The van der Waals surface area contributed by atoms with Crippen LogP contribution in [-0.4, -0.2) is 38.7 Å². The molecule has 1 N–H and O–H groups in total. The van der Waals surface area contributed by atoms with E-state index in [4.69, 9.17) is 9.26 Å². The summed E-state index contributed by atoms with van der Waals surface area (Å²) in [4.78, 5) is 4.00. The molecule has 22 heavy (non-hydrogen) atoms. The van der Waals surface area contributed by atoms with Crippen molar-refractivity contribution in [2.75, 3.05) is 13.2 Å². The Morgan fingerprint density at radius 3 is 2.45 bits per heavy atom. The second kappa shape index (κ2) is 5.29. The number of aromatic nitrogens is 4. The molecule has 2 aromatic rings. The van der Waals surface area contributed by atoms with E-state index in [9.17, 15) is 18.3 Å². The van der Waals surface area contributed by atoms with Crippen LogP contribution in [0.25, 0.3) is 11.5 Å². The topological polar surface area (TPSA) is 94.2 Å². The van der Waals surface area contributed by atoms with Crippen molar-refractivity contribution in [3.63, 3.8) is 0 Å². The van der Waals surface area contributed by atoms with Crippen molar-refractivity contribution in [3.8, 4) is 11.5 Å². The van der Waals surface area contributed by atoms with Crippen LogP contribution >= 0.6 is 0 Å². The molecule has 10 heteroatoms. The Morgan fingerprint density at radius 1 is 1.14 bits per heavy atom. The Kier molecular flexibility index (Phi) is 3.57. The molecule has 3 heterocycles. The van der Waals surface area contributed by atoms with Crippen LogP contribution in [0, 0.1) is 0 Å². The zero-order valence-corrected chi connectivity index (χ0v) is 11.2. The fraction of sp³-hybridized carbons (Fsp3) is 0.500. The lowest BCUT2D eigenvalue weighted by Gasteiger charge is -2.27. The third-order valence-electron chi connectivity index (χ3n) is 3.33. The average molecular weight is 316 g/mol. The minimum atomic E-state index is -4.56. The van der Waals surface area contributed by atoms with Gasteiger partial charge >= 0.3 is 6.18 Å². The molecule has 0 unspecified atom stereocenters. The summed E-state index contributed by atoms with van der Waals surface area (Å²) in [7, 11) is 0. The molecular formula is C12H11F3N4O3. The highest BCUT2D eigenvalue weighted by atomic mass is 19.4. The van der Waals surface area contributed by atoms with Gasteiger partial charge in [0.15, 0.2) is 5.69 Å². The third kappa shape index (κ3) is 2.79. The van der Waals surface area contributed by atoms with E-state index >= 15 is 0 Å². The second-order valence-corrected chi connectivity index (χ2v) is 4.87. The van der Waals surface area contributed by atoms with E-state index in [2.05, 4.69) is 20.3 Å². The minimum Gasteiger partial charge on any atom is -0.381 e. The Bertz CT molecular complexity index is 650. The zero-order chi connectivity index (χ0) is 15.8. The van der Waals surface area contributed by atoms with Crippen LogP contribution in [0.2, 0.25) is 0 Å². The number of rotatable bonds is 2. The molecule has 0 atom stereocenters. The molecule has 3 rings (SSSR count). The van der Waals surface area contributed by atoms with Gasteiger partial charge in [-0.15, -0.1) is 10.2 Å². The van der Waals surface area contributed by atoms with E-state index in [0.29, 0.717) is 26.1 Å². The van der Waals surface area contributed by atoms with Gasteiger partial charge in [-0.1, -0.05) is 5.16 Å². The van der Waals surface area contributed by atoms with E-state index in [1.54, 1.807) is 0 Å². The van der Waals surface area contributed by atoms with Gasteiger partial charge in [0.05, 0.1) is 0 Å². The predicted octanol–water partition coefficient (Wildman–Crippen LogP) is 1.54. The number of aliphatic hydroxyl groups is 1. The van der Waals surface area contributed by atoms with Gasteiger partial charge in [0.1, 0.15) is 11.3 Å². The highest BCUT2D eigenvalue weighted by molar-refractivity contribution is 5.47. The first-order valence-corrected chi connectivity index (χ1v) is 6.44. The first-order chi connectivity index (χ1) is 10.4. The van der Waals surface area contributed by atoms with Crippen molar-refractivity contribution >= 4 is 0 Å². The third-order valence-corrected chi connectivity index (χ3v) is 3.33. The largest absolute Gasteiger partial charge is 0.435 e.